The molecule has 1 aliphatic heterocycles. The van der Waals surface area contributed by atoms with Crippen LogP contribution < -0.4 is 0 Å². The maximum absolute atomic E-state index is 10.1. The molecular formula is C16H30O6. The van der Waals surface area contributed by atoms with E-state index in [1.807, 2.05) is 0 Å². The molecule has 0 unspecified atom stereocenters. The van der Waals surface area contributed by atoms with Crippen LogP contribution in [0.1, 0.15) is 40.0 Å². The fraction of sp³-hybridized carbons (Fsp3) is 1.00. The third kappa shape index (κ3) is 3.80. The Kier molecular flexibility index (Phi) is 6.22. The molecule has 0 aromatic rings. The summed E-state index contributed by atoms with van der Waals surface area (Å²) in [6, 6.07) is 0. The molecule has 0 spiro atoms. The van der Waals surface area contributed by atoms with Gasteiger partial charge in [0.25, 0.3) is 0 Å². The van der Waals surface area contributed by atoms with E-state index < -0.39 is 37.3 Å². The molecule has 0 radical (unpaired) electrons. The van der Waals surface area contributed by atoms with Crippen LogP contribution in [0, 0.1) is 17.8 Å². The lowest BCUT2D eigenvalue weighted by molar-refractivity contribution is -0.318. The van der Waals surface area contributed by atoms with Gasteiger partial charge in [-0.25, -0.2) is 0 Å². The Hall–Kier alpha value is -0.240. The first-order valence-corrected chi connectivity index (χ1v) is 8.31. The molecular weight excluding hydrogens is 288 g/mol. The van der Waals surface area contributed by atoms with Crippen molar-refractivity contribution in [2.45, 2.75) is 76.8 Å². The second-order valence-corrected chi connectivity index (χ2v) is 7.20. The second kappa shape index (κ2) is 7.55. The van der Waals surface area contributed by atoms with Gasteiger partial charge in [-0.3, -0.25) is 0 Å². The van der Waals surface area contributed by atoms with Crippen LogP contribution in [-0.4, -0.2) is 63.8 Å². The molecule has 1 heterocycles. The van der Waals surface area contributed by atoms with E-state index in [9.17, 15) is 20.4 Å². The first kappa shape index (κ1) is 18.1. The number of ether oxygens (including phenoxy) is 2. The molecule has 22 heavy (non-hydrogen) atoms. The van der Waals surface area contributed by atoms with Crippen LogP contribution in [-0.2, 0) is 9.47 Å². The Morgan fingerprint density at radius 3 is 2.36 bits per heavy atom. The van der Waals surface area contributed by atoms with Gasteiger partial charge in [0.05, 0.1) is 12.7 Å². The van der Waals surface area contributed by atoms with Crippen molar-refractivity contribution >= 4 is 0 Å². The molecule has 0 amide bonds. The molecule has 1 saturated carbocycles. The predicted octanol–water partition coefficient (Wildman–Crippen LogP) is 0.264. The fourth-order valence-corrected chi connectivity index (χ4v) is 3.62. The average molecular weight is 318 g/mol. The maximum atomic E-state index is 10.1. The van der Waals surface area contributed by atoms with Gasteiger partial charge in [0, 0.05) is 0 Å². The molecule has 2 rings (SSSR count). The fourth-order valence-electron chi connectivity index (χ4n) is 3.62. The molecule has 1 saturated heterocycles. The van der Waals surface area contributed by atoms with E-state index in [-0.39, 0.29) is 6.10 Å². The third-order valence-electron chi connectivity index (χ3n) is 5.12. The van der Waals surface area contributed by atoms with Crippen molar-refractivity contribution in [3.8, 4) is 0 Å². The zero-order valence-electron chi connectivity index (χ0n) is 13.6. The highest BCUT2D eigenvalue weighted by Crippen LogP contribution is 2.37. The monoisotopic (exact) mass is 318 g/mol. The molecule has 130 valence electrons. The number of hydrogen-bond acceptors (Lipinski definition) is 6. The number of aliphatic hydroxyl groups is 4. The molecule has 8 atom stereocenters. The molecule has 0 aromatic carbocycles. The van der Waals surface area contributed by atoms with E-state index in [1.54, 1.807) is 0 Å². The molecule has 2 aliphatic rings. The zero-order valence-corrected chi connectivity index (χ0v) is 13.6. The van der Waals surface area contributed by atoms with Crippen LogP contribution in [0.4, 0.5) is 0 Å². The maximum Gasteiger partial charge on any atom is 0.186 e. The molecule has 1 aliphatic carbocycles. The minimum atomic E-state index is -1.38. The Balaban J connectivity index is 2.06. The summed E-state index contributed by atoms with van der Waals surface area (Å²) in [5.74, 6) is 1.39. The van der Waals surface area contributed by atoms with Gasteiger partial charge in [0.2, 0.25) is 0 Å². The van der Waals surface area contributed by atoms with Gasteiger partial charge >= 0.3 is 0 Å². The molecule has 0 bridgehead atoms. The topological polar surface area (TPSA) is 99.4 Å². The van der Waals surface area contributed by atoms with E-state index in [0.717, 1.165) is 19.3 Å². The van der Waals surface area contributed by atoms with Crippen LogP contribution in [0.3, 0.4) is 0 Å². The van der Waals surface area contributed by atoms with Crippen LogP contribution in [0.2, 0.25) is 0 Å². The van der Waals surface area contributed by atoms with E-state index in [0.29, 0.717) is 17.8 Å². The van der Waals surface area contributed by atoms with Crippen molar-refractivity contribution < 1.29 is 29.9 Å². The smallest absolute Gasteiger partial charge is 0.186 e. The van der Waals surface area contributed by atoms with Crippen molar-refractivity contribution in [3.05, 3.63) is 0 Å². The van der Waals surface area contributed by atoms with Gasteiger partial charge in [0.15, 0.2) is 6.29 Å². The summed E-state index contributed by atoms with van der Waals surface area (Å²) in [4.78, 5) is 0. The van der Waals surface area contributed by atoms with E-state index in [1.165, 1.54) is 0 Å². The van der Waals surface area contributed by atoms with Crippen molar-refractivity contribution in [3.63, 3.8) is 0 Å². The summed E-state index contributed by atoms with van der Waals surface area (Å²) in [6.45, 7) is 6.06. The summed E-state index contributed by atoms with van der Waals surface area (Å²) in [5, 5.41) is 39.0. The zero-order chi connectivity index (χ0) is 16.4. The molecule has 4 N–H and O–H groups in total. The normalized spacial score (nSPS) is 46.9. The summed E-state index contributed by atoms with van der Waals surface area (Å²) < 4.78 is 11.4. The Morgan fingerprint density at radius 2 is 1.77 bits per heavy atom. The number of rotatable bonds is 4. The summed E-state index contributed by atoms with van der Waals surface area (Å²) in [5.41, 5.74) is 0. The van der Waals surface area contributed by atoms with Gasteiger partial charge in [0.1, 0.15) is 24.4 Å². The summed E-state index contributed by atoms with van der Waals surface area (Å²) >= 11 is 0. The minimum absolute atomic E-state index is 0.0508. The SMILES string of the molecule is CC(C)[C@@H]1CC[C@@H](C)C[C@H]1O[C@@H]1O[C@H](CO)[C@@H](O)[C@H](O)[C@H]1O. The molecule has 2 fully saturated rings. The lowest BCUT2D eigenvalue weighted by atomic mass is 9.75. The van der Waals surface area contributed by atoms with E-state index in [2.05, 4.69) is 20.8 Å². The first-order chi connectivity index (χ1) is 10.3. The Bertz CT molecular complexity index is 348. The first-order valence-electron chi connectivity index (χ1n) is 8.31. The number of aliphatic hydroxyl groups excluding tert-OH is 4. The largest absolute Gasteiger partial charge is 0.394 e. The summed E-state index contributed by atoms with van der Waals surface area (Å²) in [7, 11) is 0. The van der Waals surface area contributed by atoms with Crippen LogP contribution in [0.15, 0.2) is 0 Å². The predicted molar refractivity (Wildman–Crippen MR) is 80.0 cm³/mol. The highest BCUT2D eigenvalue weighted by molar-refractivity contribution is 4.90. The van der Waals surface area contributed by atoms with Crippen molar-refractivity contribution in [1.29, 1.82) is 0 Å². The van der Waals surface area contributed by atoms with Crippen molar-refractivity contribution in [2.24, 2.45) is 17.8 Å². The molecule has 6 heteroatoms. The lowest BCUT2D eigenvalue weighted by Gasteiger charge is -2.44. The Labute approximate surface area is 132 Å². The van der Waals surface area contributed by atoms with Crippen LogP contribution in [0.25, 0.3) is 0 Å². The third-order valence-corrected chi connectivity index (χ3v) is 5.12. The minimum Gasteiger partial charge on any atom is -0.394 e. The average Bonchev–Trinajstić information content (AvgIpc) is 2.47. The quantitative estimate of drug-likeness (QED) is 0.593. The van der Waals surface area contributed by atoms with Gasteiger partial charge in [-0.15, -0.1) is 0 Å². The molecule has 0 aromatic heterocycles. The van der Waals surface area contributed by atoms with Gasteiger partial charge in [-0.2, -0.15) is 0 Å². The Morgan fingerprint density at radius 1 is 1.09 bits per heavy atom. The van der Waals surface area contributed by atoms with Crippen molar-refractivity contribution in [1.82, 2.24) is 0 Å². The summed E-state index contributed by atoms with van der Waals surface area (Å²) in [6.07, 6.45) is -2.90. The molecule has 6 nitrogen and oxygen atoms in total. The van der Waals surface area contributed by atoms with Crippen LogP contribution >= 0.6 is 0 Å². The van der Waals surface area contributed by atoms with Crippen molar-refractivity contribution in [2.75, 3.05) is 6.61 Å². The van der Waals surface area contributed by atoms with Gasteiger partial charge in [-0.05, 0) is 30.6 Å². The van der Waals surface area contributed by atoms with E-state index >= 15 is 0 Å². The van der Waals surface area contributed by atoms with Gasteiger partial charge in [-0.1, -0.05) is 27.2 Å². The highest BCUT2D eigenvalue weighted by Gasteiger charge is 2.46. The second-order valence-electron chi connectivity index (χ2n) is 7.20. The number of hydrogen-bond donors (Lipinski definition) is 4. The standard InChI is InChI=1S/C16H30O6/c1-8(2)10-5-4-9(3)6-11(10)21-16-15(20)14(19)13(18)12(7-17)22-16/h8-20H,4-7H2,1-3H3/t9-,10+,11-,12-,13-,14+,15-,16-/m1/s1. The van der Waals surface area contributed by atoms with E-state index in [4.69, 9.17) is 9.47 Å². The lowest BCUT2D eigenvalue weighted by Crippen LogP contribution is -2.60. The van der Waals surface area contributed by atoms with Crippen LogP contribution in [0.5, 0.6) is 0 Å². The van der Waals surface area contributed by atoms with Gasteiger partial charge < -0.3 is 29.9 Å². The highest BCUT2D eigenvalue weighted by atomic mass is 16.7.